The summed E-state index contributed by atoms with van der Waals surface area (Å²) in [6.07, 6.45) is 6.52. The van der Waals surface area contributed by atoms with Gasteiger partial charge in [-0.1, -0.05) is 5.21 Å². The third kappa shape index (κ3) is 1.65. The lowest BCUT2D eigenvalue weighted by Crippen LogP contribution is -2.06. The van der Waals surface area contributed by atoms with Crippen molar-refractivity contribution >= 4 is 5.97 Å². The molecule has 0 unspecified atom stereocenters. The maximum atomic E-state index is 11.1. The molecule has 0 bridgehead atoms. The third-order valence-corrected chi connectivity index (χ3v) is 2.66. The predicted molar refractivity (Wildman–Crippen MR) is 55.9 cm³/mol. The maximum Gasteiger partial charge on any atom is 0.358 e. The number of carboxylic acid groups (broad SMARTS) is 1. The molecule has 2 aromatic heterocycles. The lowest BCUT2D eigenvalue weighted by atomic mass is 10.2. The Balaban J connectivity index is 2.14. The van der Waals surface area contributed by atoms with Crippen molar-refractivity contribution in [2.75, 3.05) is 0 Å². The summed E-state index contributed by atoms with van der Waals surface area (Å²) in [5.74, 6) is -0.814. The second kappa shape index (κ2) is 3.62. The minimum atomic E-state index is -1.05. The van der Waals surface area contributed by atoms with Gasteiger partial charge in [0, 0.05) is 5.92 Å². The fourth-order valence-electron chi connectivity index (χ4n) is 1.76. The van der Waals surface area contributed by atoms with Crippen LogP contribution in [0.1, 0.15) is 34.9 Å². The molecule has 1 N–H and O–H groups in total. The summed E-state index contributed by atoms with van der Waals surface area (Å²) in [6, 6.07) is 0. The Labute approximate surface area is 96.1 Å². The summed E-state index contributed by atoms with van der Waals surface area (Å²) >= 11 is 0. The number of rotatable bonds is 3. The van der Waals surface area contributed by atoms with Gasteiger partial charge in [-0.15, -0.1) is 5.10 Å². The SMILES string of the molecule is O=C(O)c1nnn(-c2cncnc2)c1C1CC1. The van der Waals surface area contributed by atoms with Gasteiger partial charge in [0.15, 0.2) is 5.69 Å². The van der Waals surface area contributed by atoms with E-state index in [1.165, 1.54) is 11.0 Å². The van der Waals surface area contributed by atoms with Crippen LogP contribution < -0.4 is 0 Å². The highest BCUT2D eigenvalue weighted by molar-refractivity contribution is 5.87. The molecule has 1 saturated carbocycles. The minimum Gasteiger partial charge on any atom is -0.476 e. The van der Waals surface area contributed by atoms with E-state index in [9.17, 15) is 4.79 Å². The van der Waals surface area contributed by atoms with Crippen molar-refractivity contribution in [3.8, 4) is 5.69 Å². The van der Waals surface area contributed by atoms with E-state index in [1.807, 2.05) is 0 Å². The molecule has 0 aliphatic heterocycles. The molecular formula is C10H9N5O2. The average Bonchev–Trinajstić information content (AvgIpc) is 3.08. The maximum absolute atomic E-state index is 11.1. The van der Waals surface area contributed by atoms with Gasteiger partial charge in [0.25, 0.3) is 0 Å². The highest BCUT2D eigenvalue weighted by atomic mass is 16.4. The molecule has 3 rings (SSSR count). The average molecular weight is 231 g/mol. The molecule has 7 nitrogen and oxygen atoms in total. The van der Waals surface area contributed by atoms with Crippen LogP contribution in [0.25, 0.3) is 5.69 Å². The molecule has 0 aromatic carbocycles. The van der Waals surface area contributed by atoms with Gasteiger partial charge in [-0.2, -0.15) is 0 Å². The Bertz CT molecular complexity index is 561. The molecule has 7 heteroatoms. The summed E-state index contributed by atoms with van der Waals surface area (Å²) in [5, 5.41) is 16.6. The lowest BCUT2D eigenvalue weighted by Gasteiger charge is -2.04. The van der Waals surface area contributed by atoms with E-state index < -0.39 is 5.97 Å². The van der Waals surface area contributed by atoms with Crippen LogP contribution in [0.15, 0.2) is 18.7 Å². The van der Waals surface area contributed by atoms with Gasteiger partial charge in [0.05, 0.1) is 18.1 Å². The highest BCUT2D eigenvalue weighted by Gasteiger charge is 2.34. The van der Waals surface area contributed by atoms with Crippen molar-refractivity contribution in [2.45, 2.75) is 18.8 Å². The number of carbonyl (C=O) groups is 1. The normalized spacial score (nSPS) is 14.8. The zero-order valence-electron chi connectivity index (χ0n) is 8.82. The summed E-state index contributed by atoms with van der Waals surface area (Å²) < 4.78 is 1.51. The lowest BCUT2D eigenvalue weighted by molar-refractivity contribution is 0.0689. The second-order valence-corrected chi connectivity index (χ2v) is 3.91. The van der Waals surface area contributed by atoms with Gasteiger partial charge >= 0.3 is 5.97 Å². The summed E-state index contributed by atoms with van der Waals surface area (Å²) in [5.41, 5.74) is 1.30. The largest absolute Gasteiger partial charge is 0.476 e. The van der Waals surface area contributed by atoms with Gasteiger partial charge in [-0.3, -0.25) is 0 Å². The fraction of sp³-hybridized carbons (Fsp3) is 0.300. The highest BCUT2D eigenvalue weighted by Crippen LogP contribution is 2.41. The molecule has 1 aliphatic rings. The van der Waals surface area contributed by atoms with E-state index in [4.69, 9.17) is 5.11 Å². The molecule has 1 fully saturated rings. The van der Waals surface area contributed by atoms with Crippen molar-refractivity contribution in [1.29, 1.82) is 0 Å². The zero-order valence-corrected chi connectivity index (χ0v) is 8.82. The topological polar surface area (TPSA) is 93.8 Å². The van der Waals surface area contributed by atoms with Crippen molar-refractivity contribution < 1.29 is 9.90 Å². The van der Waals surface area contributed by atoms with Crippen LogP contribution in [0.3, 0.4) is 0 Å². The van der Waals surface area contributed by atoms with Gasteiger partial charge in [-0.05, 0) is 12.8 Å². The summed E-state index contributed by atoms with van der Waals surface area (Å²) in [6.45, 7) is 0. The van der Waals surface area contributed by atoms with E-state index in [0.29, 0.717) is 11.4 Å². The zero-order chi connectivity index (χ0) is 11.8. The van der Waals surface area contributed by atoms with Crippen LogP contribution in [-0.2, 0) is 0 Å². The first-order valence-corrected chi connectivity index (χ1v) is 5.21. The van der Waals surface area contributed by atoms with Crippen LogP contribution >= 0.6 is 0 Å². The van der Waals surface area contributed by atoms with Gasteiger partial charge in [0.1, 0.15) is 12.0 Å². The Morgan fingerprint density at radius 3 is 2.65 bits per heavy atom. The smallest absolute Gasteiger partial charge is 0.358 e. The first-order valence-electron chi connectivity index (χ1n) is 5.21. The van der Waals surface area contributed by atoms with E-state index in [2.05, 4.69) is 20.3 Å². The third-order valence-electron chi connectivity index (χ3n) is 2.66. The Morgan fingerprint density at radius 1 is 1.35 bits per heavy atom. The van der Waals surface area contributed by atoms with Crippen molar-refractivity contribution in [2.24, 2.45) is 0 Å². The molecule has 0 radical (unpaired) electrons. The fourth-order valence-corrected chi connectivity index (χ4v) is 1.76. The monoisotopic (exact) mass is 231 g/mol. The molecule has 0 saturated heterocycles. The minimum absolute atomic E-state index is 0.0244. The molecule has 2 heterocycles. The van der Waals surface area contributed by atoms with Gasteiger partial charge < -0.3 is 5.11 Å². The van der Waals surface area contributed by atoms with Crippen LogP contribution in [0.5, 0.6) is 0 Å². The number of hydrogen-bond donors (Lipinski definition) is 1. The molecule has 0 spiro atoms. The van der Waals surface area contributed by atoms with E-state index in [-0.39, 0.29) is 11.6 Å². The second-order valence-electron chi connectivity index (χ2n) is 3.91. The number of carboxylic acids is 1. The molecule has 17 heavy (non-hydrogen) atoms. The van der Waals surface area contributed by atoms with Crippen molar-refractivity contribution in [3.63, 3.8) is 0 Å². The Kier molecular flexibility index (Phi) is 2.10. The first-order chi connectivity index (χ1) is 8.27. The number of aromatic carboxylic acids is 1. The van der Waals surface area contributed by atoms with Gasteiger partial charge in [-0.25, -0.2) is 19.4 Å². The molecule has 1 aliphatic carbocycles. The van der Waals surface area contributed by atoms with E-state index in [1.54, 1.807) is 12.4 Å². The molecule has 86 valence electrons. The molecule has 2 aromatic rings. The number of aromatic nitrogens is 5. The van der Waals surface area contributed by atoms with E-state index in [0.717, 1.165) is 12.8 Å². The van der Waals surface area contributed by atoms with Crippen LogP contribution in [0, 0.1) is 0 Å². The van der Waals surface area contributed by atoms with Gasteiger partial charge in [0.2, 0.25) is 0 Å². The standard InChI is InChI=1S/C10H9N5O2/c16-10(17)8-9(6-1-2-6)15(14-13-8)7-3-11-5-12-4-7/h3-6H,1-2H2,(H,16,17). The number of nitrogens with zero attached hydrogens (tertiary/aromatic N) is 5. The Morgan fingerprint density at radius 2 is 2.06 bits per heavy atom. The Hall–Kier alpha value is -2.31. The summed E-state index contributed by atoms with van der Waals surface area (Å²) in [4.78, 5) is 18.8. The van der Waals surface area contributed by atoms with Crippen molar-refractivity contribution in [3.05, 3.63) is 30.1 Å². The summed E-state index contributed by atoms with van der Waals surface area (Å²) in [7, 11) is 0. The van der Waals surface area contributed by atoms with Crippen LogP contribution in [-0.4, -0.2) is 36.0 Å². The first kappa shape index (κ1) is 9.88. The quantitative estimate of drug-likeness (QED) is 0.832. The van der Waals surface area contributed by atoms with Crippen LogP contribution in [0.4, 0.5) is 0 Å². The van der Waals surface area contributed by atoms with Crippen molar-refractivity contribution in [1.82, 2.24) is 25.0 Å². The molecular weight excluding hydrogens is 222 g/mol. The van der Waals surface area contributed by atoms with E-state index >= 15 is 0 Å². The number of hydrogen-bond acceptors (Lipinski definition) is 5. The molecule has 0 amide bonds. The predicted octanol–water partition coefficient (Wildman–Crippen LogP) is 0.633. The van der Waals surface area contributed by atoms with Crippen LogP contribution in [0.2, 0.25) is 0 Å². The molecule has 0 atom stereocenters.